The molecule has 2 unspecified atom stereocenters. The highest BCUT2D eigenvalue weighted by Gasteiger charge is 2.45. The van der Waals surface area contributed by atoms with Crippen LogP contribution < -0.4 is 10.6 Å². The van der Waals surface area contributed by atoms with Crippen LogP contribution in [0, 0.1) is 23.0 Å². The summed E-state index contributed by atoms with van der Waals surface area (Å²) in [6.45, 7) is 2.28. The summed E-state index contributed by atoms with van der Waals surface area (Å²) >= 11 is 0.958. The largest absolute Gasteiger partial charge is 0.389 e. The van der Waals surface area contributed by atoms with E-state index in [1.807, 2.05) is 6.07 Å². The quantitative estimate of drug-likeness (QED) is 0.454. The first kappa shape index (κ1) is 20.9. The maximum atomic E-state index is 16.4. The van der Waals surface area contributed by atoms with Crippen molar-refractivity contribution in [1.82, 2.24) is 19.9 Å². The van der Waals surface area contributed by atoms with Crippen LogP contribution in [0.5, 0.6) is 0 Å². The average molecular weight is 492 g/mol. The number of fused-ring (bicyclic) bond motifs is 6. The van der Waals surface area contributed by atoms with Gasteiger partial charge in [0.15, 0.2) is 11.6 Å². The minimum atomic E-state index is -0.602. The number of nitrogens with zero attached hydrogens (tertiary/aromatic N) is 6. The summed E-state index contributed by atoms with van der Waals surface area (Å²) in [6, 6.07) is 2.65. The van der Waals surface area contributed by atoms with Gasteiger partial charge in [-0.25, -0.2) is 18.7 Å². The molecule has 2 bridgehead atoms. The third-order valence-corrected chi connectivity index (χ3v) is 8.37. The number of benzene rings is 1. The number of hydrogen-bond donors (Lipinski definition) is 1. The van der Waals surface area contributed by atoms with Crippen molar-refractivity contribution in [3.63, 3.8) is 0 Å². The molecule has 4 aliphatic heterocycles. The van der Waals surface area contributed by atoms with Crippen molar-refractivity contribution in [3.8, 4) is 17.3 Å². The lowest BCUT2D eigenvalue weighted by Gasteiger charge is -2.55. The van der Waals surface area contributed by atoms with Crippen molar-refractivity contribution in [2.75, 3.05) is 30.8 Å². The molecule has 2 atom stereocenters. The Morgan fingerprint density at radius 1 is 1.17 bits per heavy atom. The van der Waals surface area contributed by atoms with Gasteiger partial charge in [-0.05, 0) is 24.6 Å². The zero-order chi connectivity index (χ0) is 24.0. The van der Waals surface area contributed by atoms with Crippen LogP contribution in [-0.2, 0) is 18.0 Å². The Labute approximate surface area is 202 Å². The number of nitrogens with two attached hydrogens (primary N) is 1. The zero-order valence-electron chi connectivity index (χ0n) is 18.7. The van der Waals surface area contributed by atoms with E-state index in [-0.39, 0.29) is 50.6 Å². The molecule has 7 heterocycles. The summed E-state index contributed by atoms with van der Waals surface area (Å²) in [4.78, 5) is 18.0. The van der Waals surface area contributed by atoms with E-state index < -0.39 is 11.6 Å². The zero-order valence-corrected chi connectivity index (χ0v) is 19.5. The molecule has 11 heteroatoms. The number of anilines is 2. The Kier molecular flexibility index (Phi) is 4.34. The molecule has 3 saturated heterocycles. The SMILES string of the molecule is CN1CC2CC(C1)N2c1ncc2c3c(c(-c4ncc(F)c5sc(N)c(C#N)c45)c(F)c2n1)COC3. The Morgan fingerprint density at radius 3 is 2.71 bits per heavy atom. The Balaban J connectivity index is 1.49. The van der Waals surface area contributed by atoms with E-state index in [4.69, 9.17) is 15.5 Å². The maximum Gasteiger partial charge on any atom is 0.226 e. The number of pyridine rings is 1. The van der Waals surface area contributed by atoms with Crippen LogP contribution >= 0.6 is 11.3 Å². The molecule has 8 nitrogen and oxygen atoms in total. The van der Waals surface area contributed by atoms with Crippen molar-refractivity contribution in [2.24, 2.45) is 0 Å². The second-order valence-corrected chi connectivity index (χ2v) is 10.4. The summed E-state index contributed by atoms with van der Waals surface area (Å²) in [5.74, 6) is -0.676. The van der Waals surface area contributed by atoms with Gasteiger partial charge in [-0.2, -0.15) is 5.26 Å². The number of nitrogen functional groups attached to an aromatic ring is 1. The monoisotopic (exact) mass is 491 g/mol. The third-order valence-electron chi connectivity index (χ3n) is 7.34. The van der Waals surface area contributed by atoms with Crippen molar-refractivity contribution in [1.29, 1.82) is 5.26 Å². The minimum Gasteiger partial charge on any atom is -0.389 e. The minimum absolute atomic E-state index is 0.0973. The highest BCUT2D eigenvalue weighted by Crippen LogP contribution is 2.45. The predicted octanol–water partition coefficient (Wildman–Crippen LogP) is 3.56. The second kappa shape index (κ2) is 7.27. The first-order valence-corrected chi connectivity index (χ1v) is 12.1. The molecule has 0 radical (unpaired) electrons. The lowest BCUT2D eigenvalue weighted by Crippen LogP contribution is -2.68. The molecule has 4 aromatic rings. The molecule has 4 aliphatic rings. The number of piperidine rings is 1. The highest BCUT2D eigenvalue weighted by molar-refractivity contribution is 7.23. The number of hydrogen-bond acceptors (Lipinski definition) is 9. The standard InChI is InChI=1S/C24H19F2N7OS/c1-32-6-10-2-11(7-32)33(10)24-30-4-13-14-8-34-9-15(14)17(19(26)20(13)31-24)21-18-12(3-27)23(28)35-22(18)16(25)5-29-21/h4-5,10-11H,2,6-9,28H2,1H3. The maximum absolute atomic E-state index is 16.4. The molecule has 35 heavy (non-hydrogen) atoms. The summed E-state index contributed by atoms with van der Waals surface area (Å²) in [5, 5.41) is 10.7. The van der Waals surface area contributed by atoms with Gasteiger partial charge in [-0.1, -0.05) is 0 Å². The number of aromatic nitrogens is 3. The molecule has 8 rings (SSSR count). The molecule has 0 amide bonds. The van der Waals surface area contributed by atoms with E-state index in [2.05, 4.69) is 26.8 Å². The van der Waals surface area contributed by atoms with Gasteiger partial charge < -0.3 is 20.3 Å². The molecule has 3 aromatic heterocycles. The van der Waals surface area contributed by atoms with E-state index >= 15 is 4.39 Å². The normalized spacial score (nSPS) is 21.4. The summed E-state index contributed by atoms with van der Waals surface area (Å²) in [5.41, 5.74) is 8.03. The number of nitriles is 1. The van der Waals surface area contributed by atoms with Gasteiger partial charge in [0.05, 0.1) is 35.4 Å². The van der Waals surface area contributed by atoms with Crippen LogP contribution in [0.1, 0.15) is 23.1 Å². The first-order valence-electron chi connectivity index (χ1n) is 11.3. The first-order chi connectivity index (χ1) is 17.0. The van der Waals surface area contributed by atoms with Crippen LogP contribution in [0.4, 0.5) is 19.7 Å². The van der Waals surface area contributed by atoms with E-state index in [1.165, 1.54) is 0 Å². The van der Waals surface area contributed by atoms with Crippen LogP contribution in [0.2, 0.25) is 0 Å². The molecule has 1 aromatic carbocycles. The van der Waals surface area contributed by atoms with Gasteiger partial charge >= 0.3 is 0 Å². The highest BCUT2D eigenvalue weighted by atomic mass is 32.1. The van der Waals surface area contributed by atoms with Crippen molar-refractivity contribution in [3.05, 3.63) is 40.7 Å². The second-order valence-electron chi connectivity index (χ2n) is 9.35. The molecular formula is C24H19F2N7OS. The Morgan fingerprint density at radius 2 is 1.94 bits per heavy atom. The lowest BCUT2D eigenvalue weighted by atomic mass is 9.88. The van der Waals surface area contributed by atoms with Crippen LogP contribution in [0.3, 0.4) is 0 Å². The van der Waals surface area contributed by atoms with Crippen LogP contribution in [-0.4, -0.2) is 52.1 Å². The molecule has 3 fully saturated rings. The lowest BCUT2D eigenvalue weighted by molar-refractivity contribution is 0.135. The van der Waals surface area contributed by atoms with Gasteiger partial charge in [-0.3, -0.25) is 4.98 Å². The number of thiophene rings is 1. The van der Waals surface area contributed by atoms with E-state index in [9.17, 15) is 9.65 Å². The third kappa shape index (κ3) is 2.78. The Hall–Kier alpha value is -3.46. The van der Waals surface area contributed by atoms with Gasteiger partial charge in [0.25, 0.3) is 0 Å². The van der Waals surface area contributed by atoms with Crippen molar-refractivity contribution < 1.29 is 13.5 Å². The van der Waals surface area contributed by atoms with Gasteiger partial charge in [0.1, 0.15) is 16.6 Å². The fourth-order valence-electron chi connectivity index (χ4n) is 5.81. The molecular weight excluding hydrogens is 472 g/mol. The molecule has 176 valence electrons. The summed E-state index contributed by atoms with van der Waals surface area (Å²) in [7, 11) is 2.09. The predicted molar refractivity (Wildman–Crippen MR) is 128 cm³/mol. The summed E-state index contributed by atoms with van der Waals surface area (Å²) in [6.07, 6.45) is 3.79. The average Bonchev–Trinajstić information content (AvgIpc) is 3.45. The molecule has 0 spiro atoms. The smallest absolute Gasteiger partial charge is 0.226 e. The number of piperazine rings is 1. The van der Waals surface area contributed by atoms with Gasteiger partial charge in [0.2, 0.25) is 5.95 Å². The van der Waals surface area contributed by atoms with Crippen LogP contribution in [0.25, 0.3) is 32.2 Å². The van der Waals surface area contributed by atoms with Crippen molar-refractivity contribution in [2.45, 2.75) is 31.7 Å². The number of rotatable bonds is 2. The van der Waals surface area contributed by atoms with Crippen LogP contribution in [0.15, 0.2) is 12.4 Å². The summed E-state index contributed by atoms with van der Waals surface area (Å²) < 4.78 is 36.9. The van der Waals surface area contributed by atoms with E-state index in [0.29, 0.717) is 29.0 Å². The molecule has 2 N–H and O–H groups in total. The van der Waals surface area contributed by atoms with Crippen molar-refractivity contribution >= 4 is 43.3 Å². The Bertz CT molecular complexity index is 1600. The molecule has 0 aliphatic carbocycles. The fraction of sp³-hybridized carbons (Fsp3) is 0.333. The fourth-order valence-corrected chi connectivity index (χ4v) is 6.73. The number of halogens is 2. The molecule has 0 saturated carbocycles. The number of ether oxygens (including phenoxy) is 1. The number of likely N-dealkylation sites (N-methyl/N-ethyl adjacent to an activating group) is 1. The van der Waals surface area contributed by atoms with Gasteiger partial charge in [-0.15, -0.1) is 11.3 Å². The van der Waals surface area contributed by atoms with Gasteiger partial charge in [0, 0.05) is 47.7 Å². The van der Waals surface area contributed by atoms with E-state index in [1.54, 1.807) is 6.20 Å². The topological polar surface area (TPSA) is 104 Å². The van der Waals surface area contributed by atoms with E-state index in [0.717, 1.165) is 42.6 Å².